The second-order valence-corrected chi connectivity index (χ2v) is 9.48. The average Bonchev–Trinajstić information content (AvgIpc) is 2.79. The van der Waals surface area contributed by atoms with Crippen molar-refractivity contribution in [3.05, 3.63) is 64.4 Å². The van der Waals surface area contributed by atoms with E-state index < -0.39 is 27.7 Å². The van der Waals surface area contributed by atoms with E-state index in [0.717, 1.165) is 5.56 Å². The first-order valence-electron chi connectivity index (χ1n) is 9.95. The van der Waals surface area contributed by atoms with Crippen molar-refractivity contribution >= 4 is 33.4 Å². The lowest BCUT2D eigenvalue weighted by atomic mass is 10.1. The maximum Gasteiger partial charge on any atom is 0.243 e. The normalized spacial score (nSPS) is 14.7. The summed E-state index contributed by atoms with van der Waals surface area (Å²) >= 11 is 5.88. The maximum absolute atomic E-state index is 13.7. The van der Waals surface area contributed by atoms with Crippen LogP contribution in [0.2, 0.25) is 5.02 Å². The Kier molecular flexibility index (Phi) is 8.19. The van der Waals surface area contributed by atoms with Gasteiger partial charge in [-0.2, -0.15) is 4.31 Å². The molecule has 1 aliphatic rings. The molecular weight excluding hydrogens is 461 g/mol. The molecule has 2 aromatic rings. The monoisotopic (exact) mass is 483 g/mol. The number of amides is 2. The summed E-state index contributed by atoms with van der Waals surface area (Å²) in [6, 6.07) is 10.4. The molecule has 2 aromatic carbocycles. The van der Waals surface area contributed by atoms with E-state index >= 15 is 0 Å². The smallest absolute Gasteiger partial charge is 0.243 e. The molecule has 3 rings (SSSR count). The van der Waals surface area contributed by atoms with Crippen molar-refractivity contribution in [2.75, 3.05) is 26.3 Å². The Morgan fingerprint density at radius 2 is 1.69 bits per heavy atom. The highest BCUT2D eigenvalue weighted by atomic mass is 35.5. The van der Waals surface area contributed by atoms with Gasteiger partial charge in [0, 0.05) is 30.1 Å². The standard InChI is InChI=1S/C21H23ClFN3O5S/c22-18-2-1-3-19(23)17(18)14-21(28)25-24-20(27)9-6-15-4-7-16(8-5-15)32(29,30)26-10-12-31-13-11-26/h1-5,7-8H,6,9-14H2,(H,24,27)(H,25,28). The van der Waals surface area contributed by atoms with E-state index in [4.69, 9.17) is 16.3 Å². The van der Waals surface area contributed by atoms with E-state index in [2.05, 4.69) is 10.9 Å². The largest absolute Gasteiger partial charge is 0.379 e. The van der Waals surface area contributed by atoms with Crippen LogP contribution in [0.5, 0.6) is 0 Å². The van der Waals surface area contributed by atoms with Crippen LogP contribution in [0, 0.1) is 5.82 Å². The number of ether oxygens (including phenoxy) is 1. The van der Waals surface area contributed by atoms with Crippen LogP contribution < -0.4 is 10.9 Å². The number of halogens is 2. The Labute approximate surface area is 190 Å². The molecule has 1 fully saturated rings. The maximum atomic E-state index is 13.7. The van der Waals surface area contributed by atoms with Gasteiger partial charge in [-0.3, -0.25) is 20.4 Å². The summed E-state index contributed by atoms with van der Waals surface area (Å²) in [4.78, 5) is 24.1. The first kappa shape index (κ1) is 24.1. The molecule has 8 nitrogen and oxygen atoms in total. The van der Waals surface area contributed by atoms with Gasteiger partial charge in [-0.15, -0.1) is 0 Å². The number of carbonyl (C=O) groups is 2. The van der Waals surface area contributed by atoms with Crippen LogP contribution in [-0.4, -0.2) is 50.8 Å². The van der Waals surface area contributed by atoms with Gasteiger partial charge in [0.05, 0.1) is 24.5 Å². The highest BCUT2D eigenvalue weighted by Crippen LogP contribution is 2.20. The molecule has 1 saturated heterocycles. The molecule has 0 spiro atoms. The number of sulfonamides is 1. The fourth-order valence-electron chi connectivity index (χ4n) is 3.13. The Morgan fingerprint density at radius 1 is 1.03 bits per heavy atom. The SMILES string of the molecule is O=C(CCc1ccc(S(=O)(=O)N2CCOCC2)cc1)NNC(=O)Cc1c(F)cccc1Cl. The van der Waals surface area contributed by atoms with Gasteiger partial charge in [0.15, 0.2) is 0 Å². The average molecular weight is 484 g/mol. The fraction of sp³-hybridized carbons (Fsp3) is 0.333. The predicted molar refractivity (Wildman–Crippen MR) is 116 cm³/mol. The third-order valence-electron chi connectivity index (χ3n) is 4.91. The summed E-state index contributed by atoms with van der Waals surface area (Å²) in [5.41, 5.74) is 5.32. The van der Waals surface area contributed by atoms with E-state index in [9.17, 15) is 22.4 Å². The van der Waals surface area contributed by atoms with Crippen LogP contribution in [0.25, 0.3) is 0 Å². The first-order valence-corrected chi connectivity index (χ1v) is 11.8. The number of carbonyl (C=O) groups excluding carboxylic acids is 2. The Balaban J connectivity index is 1.46. The van der Waals surface area contributed by atoms with E-state index in [-0.39, 0.29) is 28.3 Å². The number of nitrogens with one attached hydrogen (secondary N) is 2. The molecule has 0 saturated carbocycles. The Hall–Kier alpha value is -2.53. The second kappa shape index (κ2) is 10.9. The number of hydrogen-bond donors (Lipinski definition) is 2. The fourth-order valence-corrected chi connectivity index (χ4v) is 4.77. The Morgan fingerprint density at radius 3 is 2.34 bits per heavy atom. The summed E-state index contributed by atoms with van der Waals surface area (Å²) in [5, 5.41) is 0.130. The number of rotatable bonds is 7. The molecule has 1 aliphatic heterocycles. The molecule has 0 bridgehead atoms. The Bertz CT molecular complexity index is 1050. The zero-order valence-corrected chi connectivity index (χ0v) is 18.7. The lowest BCUT2D eigenvalue weighted by molar-refractivity contribution is -0.128. The number of hydrazine groups is 1. The molecule has 0 aromatic heterocycles. The summed E-state index contributed by atoms with van der Waals surface area (Å²) in [6.45, 7) is 1.38. The van der Waals surface area contributed by atoms with Crippen LogP contribution in [0.15, 0.2) is 47.4 Å². The quantitative estimate of drug-likeness (QED) is 0.584. The lowest BCUT2D eigenvalue weighted by Gasteiger charge is -2.26. The number of aryl methyl sites for hydroxylation is 1. The topological polar surface area (TPSA) is 105 Å². The van der Waals surface area contributed by atoms with E-state index in [1.165, 1.54) is 34.6 Å². The van der Waals surface area contributed by atoms with Gasteiger partial charge >= 0.3 is 0 Å². The van der Waals surface area contributed by atoms with E-state index in [0.29, 0.717) is 32.7 Å². The minimum absolute atomic E-state index is 0.0491. The third-order valence-corrected chi connectivity index (χ3v) is 7.18. The van der Waals surface area contributed by atoms with Crippen LogP contribution >= 0.6 is 11.6 Å². The molecule has 172 valence electrons. The zero-order valence-electron chi connectivity index (χ0n) is 17.1. The van der Waals surface area contributed by atoms with Crippen molar-refractivity contribution < 1.29 is 27.1 Å². The third kappa shape index (κ3) is 6.26. The summed E-state index contributed by atoms with van der Waals surface area (Å²) in [6.07, 6.45) is 0.0971. The molecular formula is C21H23ClFN3O5S. The van der Waals surface area contributed by atoms with Crippen molar-refractivity contribution in [1.29, 1.82) is 0 Å². The minimum atomic E-state index is -3.57. The highest BCUT2D eigenvalue weighted by Gasteiger charge is 2.26. The van der Waals surface area contributed by atoms with Gasteiger partial charge in [0.1, 0.15) is 5.82 Å². The predicted octanol–water partition coefficient (Wildman–Crippen LogP) is 1.82. The van der Waals surface area contributed by atoms with Crippen molar-refractivity contribution in [2.45, 2.75) is 24.2 Å². The molecule has 32 heavy (non-hydrogen) atoms. The summed E-state index contributed by atoms with van der Waals surface area (Å²) < 4.78 is 45.5. The molecule has 2 amide bonds. The summed E-state index contributed by atoms with van der Waals surface area (Å²) in [7, 11) is -3.57. The van der Waals surface area contributed by atoms with Crippen LogP contribution in [0.1, 0.15) is 17.5 Å². The number of hydrogen-bond acceptors (Lipinski definition) is 5. The van der Waals surface area contributed by atoms with E-state index in [1.54, 1.807) is 12.1 Å². The molecule has 0 atom stereocenters. The van der Waals surface area contributed by atoms with Crippen molar-refractivity contribution in [3.63, 3.8) is 0 Å². The number of nitrogens with zero attached hydrogens (tertiary/aromatic N) is 1. The molecule has 0 aliphatic carbocycles. The second-order valence-electron chi connectivity index (χ2n) is 7.13. The molecule has 11 heteroatoms. The van der Waals surface area contributed by atoms with E-state index in [1.807, 2.05) is 0 Å². The van der Waals surface area contributed by atoms with Gasteiger partial charge in [-0.1, -0.05) is 29.8 Å². The van der Waals surface area contributed by atoms with Gasteiger partial charge < -0.3 is 4.74 Å². The van der Waals surface area contributed by atoms with Crippen LogP contribution in [0.3, 0.4) is 0 Å². The molecule has 2 N–H and O–H groups in total. The lowest BCUT2D eigenvalue weighted by Crippen LogP contribution is -2.42. The van der Waals surface area contributed by atoms with Crippen molar-refractivity contribution in [3.8, 4) is 0 Å². The van der Waals surface area contributed by atoms with Gasteiger partial charge in [-0.05, 0) is 36.2 Å². The van der Waals surface area contributed by atoms with Gasteiger partial charge in [0.25, 0.3) is 0 Å². The van der Waals surface area contributed by atoms with Crippen LogP contribution in [-0.2, 0) is 37.2 Å². The molecule has 1 heterocycles. The first-order chi connectivity index (χ1) is 15.3. The zero-order chi connectivity index (χ0) is 23.1. The summed E-state index contributed by atoms with van der Waals surface area (Å²) in [5.74, 6) is -1.65. The molecule has 0 radical (unpaired) electrons. The van der Waals surface area contributed by atoms with Gasteiger partial charge in [0.2, 0.25) is 21.8 Å². The van der Waals surface area contributed by atoms with Gasteiger partial charge in [-0.25, -0.2) is 12.8 Å². The van der Waals surface area contributed by atoms with Crippen molar-refractivity contribution in [2.24, 2.45) is 0 Å². The number of morpholine rings is 1. The minimum Gasteiger partial charge on any atom is -0.379 e. The highest BCUT2D eigenvalue weighted by molar-refractivity contribution is 7.89. The van der Waals surface area contributed by atoms with Crippen LogP contribution in [0.4, 0.5) is 4.39 Å². The van der Waals surface area contributed by atoms with Crippen molar-refractivity contribution in [1.82, 2.24) is 15.2 Å². The molecule has 0 unspecified atom stereocenters. The number of benzene rings is 2.